The number of carbonyl (C=O) groups is 2. The van der Waals surface area contributed by atoms with Crippen molar-refractivity contribution in [2.45, 2.75) is 6.92 Å². The minimum Gasteiger partial charge on any atom is -0.312 e. The van der Waals surface area contributed by atoms with Crippen LogP contribution in [-0.2, 0) is 4.79 Å². The summed E-state index contributed by atoms with van der Waals surface area (Å²) in [5, 5.41) is 0. The summed E-state index contributed by atoms with van der Waals surface area (Å²) < 4.78 is 0. The molecule has 0 bridgehead atoms. The van der Waals surface area contributed by atoms with Crippen molar-refractivity contribution in [1.82, 2.24) is 0 Å². The summed E-state index contributed by atoms with van der Waals surface area (Å²) in [6, 6.07) is 14.9. The molecule has 1 heterocycles. The third-order valence-electron chi connectivity index (χ3n) is 3.82. The number of fused-ring (bicyclic) bond motifs is 1. The average Bonchev–Trinajstić information content (AvgIpc) is 2.51. The number of aryl methyl sites for hydroxylation is 1. The van der Waals surface area contributed by atoms with Gasteiger partial charge in [0.1, 0.15) is 6.54 Å². The summed E-state index contributed by atoms with van der Waals surface area (Å²) in [6.45, 7) is 1.97. The first-order valence-electron chi connectivity index (χ1n) is 6.82. The van der Waals surface area contributed by atoms with Gasteiger partial charge in [0, 0.05) is 12.6 Å². The summed E-state index contributed by atoms with van der Waals surface area (Å²) in [5.41, 5.74) is 3.07. The Morgan fingerprint density at radius 1 is 1.00 bits per heavy atom. The van der Waals surface area contributed by atoms with E-state index in [-0.39, 0.29) is 18.4 Å². The molecular weight excluding hydrogens is 264 g/mol. The molecule has 0 spiro atoms. The van der Waals surface area contributed by atoms with E-state index < -0.39 is 0 Å². The maximum atomic E-state index is 12.8. The Kier molecular flexibility index (Phi) is 3.22. The van der Waals surface area contributed by atoms with Gasteiger partial charge in [-0.3, -0.25) is 14.5 Å². The van der Waals surface area contributed by atoms with Crippen molar-refractivity contribution in [3.05, 3.63) is 59.7 Å². The molecule has 2 aromatic carbocycles. The van der Waals surface area contributed by atoms with Crippen molar-refractivity contribution in [2.24, 2.45) is 0 Å². The van der Waals surface area contributed by atoms with Crippen molar-refractivity contribution in [3.63, 3.8) is 0 Å². The molecule has 1 aliphatic heterocycles. The Labute approximate surface area is 123 Å². The number of benzene rings is 2. The Balaban J connectivity index is 2.07. The minimum atomic E-state index is -0.137. The van der Waals surface area contributed by atoms with Crippen LogP contribution >= 0.6 is 0 Å². The molecule has 0 aliphatic carbocycles. The molecule has 0 N–H and O–H groups in total. The van der Waals surface area contributed by atoms with Crippen LogP contribution in [0.15, 0.2) is 48.5 Å². The van der Waals surface area contributed by atoms with Crippen molar-refractivity contribution >= 4 is 23.2 Å². The Bertz CT molecular complexity index is 724. The Hall–Kier alpha value is -2.62. The lowest BCUT2D eigenvalue weighted by molar-refractivity contribution is -0.117. The zero-order chi connectivity index (χ0) is 15.0. The Morgan fingerprint density at radius 3 is 2.33 bits per heavy atom. The predicted octanol–water partition coefficient (Wildman–Crippen LogP) is 2.62. The number of nitrogens with zero attached hydrogens (tertiary/aromatic N) is 2. The lowest BCUT2D eigenvalue weighted by Gasteiger charge is -2.34. The smallest absolute Gasteiger partial charge is 0.259 e. The van der Waals surface area contributed by atoms with E-state index in [1.54, 1.807) is 22.9 Å². The van der Waals surface area contributed by atoms with E-state index in [2.05, 4.69) is 0 Å². The number of rotatable bonds is 1. The summed E-state index contributed by atoms with van der Waals surface area (Å²) >= 11 is 0. The van der Waals surface area contributed by atoms with E-state index in [9.17, 15) is 9.59 Å². The molecule has 0 fully saturated rings. The lowest BCUT2D eigenvalue weighted by atomic mass is 10.1. The molecule has 21 heavy (non-hydrogen) atoms. The molecule has 106 valence electrons. The molecule has 3 rings (SSSR count). The fourth-order valence-corrected chi connectivity index (χ4v) is 2.58. The van der Waals surface area contributed by atoms with Crippen LogP contribution < -0.4 is 9.80 Å². The number of para-hydroxylation sites is 2. The fraction of sp³-hybridized carbons (Fsp3) is 0.176. The fourth-order valence-electron chi connectivity index (χ4n) is 2.58. The maximum Gasteiger partial charge on any atom is 0.259 e. The van der Waals surface area contributed by atoms with Gasteiger partial charge in [-0.1, -0.05) is 30.3 Å². The van der Waals surface area contributed by atoms with Crippen molar-refractivity contribution < 1.29 is 9.59 Å². The highest BCUT2D eigenvalue weighted by Crippen LogP contribution is 2.33. The largest absolute Gasteiger partial charge is 0.312 e. The third-order valence-corrected chi connectivity index (χ3v) is 3.82. The first kappa shape index (κ1) is 13.4. The van der Waals surface area contributed by atoms with Gasteiger partial charge >= 0.3 is 0 Å². The number of hydrogen-bond donors (Lipinski definition) is 0. The Morgan fingerprint density at radius 2 is 1.62 bits per heavy atom. The molecular formula is C17H16N2O2. The molecule has 4 heteroatoms. The zero-order valence-electron chi connectivity index (χ0n) is 12.0. The highest BCUT2D eigenvalue weighted by molar-refractivity contribution is 6.16. The van der Waals surface area contributed by atoms with Gasteiger partial charge in [0.2, 0.25) is 5.91 Å². The van der Waals surface area contributed by atoms with Crippen LogP contribution in [0.5, 0.6) is 0 Å². The second kappa shape index (κ2) is 5.05. The molecule has 0 unspecified atom stereocenters. The molecule has 1 aliphatic rings. The SMILES string of the molecule is Cc1ccccc1C(=O)N1CC(=O)N(C)c2ccccc21. The third kappa shape index (κ3) is 2.18. The first-order valence-corrected chi connectivity index (χ1v) is 6.82. The van der Waals surface area contributed by atoms with Crippen LogP contribution in [-0.4, -0.2) is 25.4 Å². The summed E-state index contributed by atoms with van der Waals surface area (Å²) in [6.07, 6.45) is 0. The van der Waals surface area contributed by atoms with Gasteiger partial charge in [0.15, 0.2) is 0 Å². The van der Waals surface area contributed by atoms with E-state index in [0.29, 0.717) is 5.56 Å². The number of carbonyl (C=O) groups excluding carboxylic acids is 2. The van der Waals surface area contributed by atoms with Crippen LogP contribution in [0.1, 0.15) is 15.9 Å². The second-order valence-corrected chi connectivity index (χ2v) is 5.15. The summed E-state index contributed by atoms with van der Waals surface area (Å²) in [4.78, 5) is 28.1. The van der Waals surface area contributed by atoms with E-state index >= 15 is 0 Å². The predicted molar refractivity (Wildman–Crippen MR) is 82.7 cm³/mol. The highest BCUT2D eigenvalue weighted by Gasteiger charge is 2.31. The lowest BCUT2D eigenvalue weighted by Crippen LogP contribution is -2.46. The minimum absolute atomic E-state index is 0.0701. The first-order chi connectivity index (χ1) is 10.1. The normalized spacial score (nSPS) is 14.1. The van der Waals surface area contributed by atoms with Crippen LogP contribution in [0, 0.1) is 6.92 Å². The van der Waals surface area contributed by atoms with E-state index in [4.69, 9.17) is 0 Å². The number of amides is 2. The second-order valence-electron chi connectivity index (χ2n) is 5.15. The van der Waals surface area contributed by atoms with Crippen molar-refractivity contribution in [2.75, 3.05) is 23.4 Å². The standard InChI is InChI=1S/C17H16N2O2/c1-12-7-3-4-8-13(12)17(21)19-11-16(20)18(2)14-9-5-6-10-15(14)19/h3-10H,11H2,1-2H3. The van der Waals surface area contributed by atoms with Crippen molar-refractivity contribution in [1.29, 1.82) is 0 Å². The molecule has 4 nitrogen and oxygen atoms in total. The number of likely N-dealkylation sites (N-methyl/N-ethyl adjacent to an activating group) is 1. The molecule has 2 aromatic rings. The highest BCUT2D eigenvalue weighted by atomic mass is 16.2. The summed E-state index contributed by atoms with van der Waals surface area (Å²) in [7, 11) is 1.73. The van der Waals surface area contributed by atoms with Crippen LogP contribution in [0.3, 0.4) is 0 Å². The zero-order valence-corrected chi connectivity index (χ0v) is 12.0. The maximum absolute atomic E-state index is 12.8. The van der Waals surface area contributed by atoms with Crippen LogP contribution in [0.2, 0.25) is 0 Å². The average molecular weight is 280 g/mol. The van der Waals surface area contributed by atoms with Crippen LogP contribution in [0.4, 0.5) is 11.4 Å². The van der Waals surface area contributed by atoms with E-state index in [1.165, 1.54) is 0 Å². The monoisotopic (exact) mass is 280 g/mol. The number of hydrogen-bond acceptors (Lipinski definition) is 2. The molecule has 0 atom stereocenters. The molecule has 2 amide bonds. The van der Waals surface area contributed by atoms with E-state index in [0.717, 1.165) is 16.9 Å². The van der Waals surface area contributed by atoms with Crippen molar-refractivity contribution in [3.8, 4) is 0 Å². The molecule has 0 saturated carbocycles. The van der Waals surface area contributed by atoms with Gasteiger partial charge in [-0.2, -0.15) is 0 Å². The van der Waals surface area contributed by atoms with Gasteiger partial charge in [-0.05, 0) is 30.7 Å². The van der Waals surface area contributed by atoms with Gasteiger partial charge in [0.05, 0.1) is 11.4 Å². The quantitative estimate of drug-likeness (QED) is 0.805. The van der Waals surface area contributed by atoms with Crippen LogP contribution in [0.25, 0.3) is 0 Å². The van der Waals surface area contributed by atoms with Gasteiger partial charge in [0.25, 0.3) is 5.91 Å². The van der Waals surface area contributed by atoms with Gasteiger partial charge in [-0.25, -0.2) is 0 Å². The molecule has 0 saturated heterocycles. The van der Waals surface area contributed by atoms with Gasteiger partial charge < -0.3 is 4.90 Å². The molecule has 0 aromatic heterocycles. The molecule has 0 radical (unpaired) electrons. The topological polar surface area (TPSA) is 40.6 Å². The summed E-state index contributed by atoms with van der Waals surface area (Å²) in [5.74, 6) is -0.224. The number of anilines is 2. The van der Waals surface area contributed by atoms with Gasteiger partial charge in [-0.15, -0.1) is 0 Å². The van der Waals surface area contributed by atoms with E-state index in [1.807, 2.05) is 49.4 Å².